The third-order valence-corrected chi connectivity index (χ3v) is 3.31. The van der Waals surface area contributed by atoms with Crippen LogP contribution in [0.2, 0.25) is 0 Å². The minimum atomic E-state index is -0.360. The quantitative estimate of drug-likeness (QED) is 0.783. The van der Waals surface area contributed by atoms with Crippen LogP contribution < -0.4 is 21.3 Å². The number of pyridine rings is 1. The largest absolute Gasteiger partial charge is 0.478 e. The lowest BCUT2D eigenvalue weighted by atomic mass is 10.4. The number of amides is 1. The number of ether oxygens (including phenoxy) is 1. The van der Waals surface area contributed by atoms with Crippen LogP contribution in [0.1, 0.15) is 6.42 Å². The summed E-state index contributed by atoms with van der Waals surface area (Å²) in [5.41, 5.74) is 5.15. The van der Waals surface area contributed by atoms with Crippen molar-refractivity contribution in [1.29, 1.82) is 0 Å². The molecule has 2 aromatic rings. The Bertz CT molecular complexity index is 639. The van der Waals surface area contributed by atoms with Crippen LogP contribution in [0.5, 0.6) is 5.75 Å². The number of rotatable bonds is 7. The van der Waals surface area contributed by atoms with Gasteiger partial charge in [-0.05, 0) is 25.1 Å². The Morgan fingerprint density at radius 3 is 3.10 bits per heavy atom. The maximum Gasteiger partial charge on any atom is 0.292 e. The molecule has 21 heavy (non-hydrogen) atoms. The zero-order valence-electron chi connectivity index (χ0n) is 11.3. The molecule has 0 aromatic carbocycles. The first-order chi connectivity index (χ1) is 10.2. The first kappa shape index (κ1) is 15.2. The lowest BCUT2D eigenvalue weighted by molar-refractivity contribution is -0.118. The first-order valence-corrected chi connectivity index (χ1v) is 7.30. The van der Waals surface area contributed by atoms with Gasteiger partial charge in [0.1, 0.15) is 0 Å². The van der Waals surface area contributed by atoms with Crippen LogP contribution in [0.4, 0.5) is 5.13 Å². The van der Waals surface area contributed by atoms with Crippen LogP contribution >= 0.6 is 11.3 Å². The van der Waals surface area contributed by atoms with E-state index < -0.39 is 0 Å². The summed E-state index contributed by atoms with van der Waals surface area (Å²) in [6.45, 7) is 0.793. The fraction of sp³-hybridized carbons (Fsp3) is 0.308. The maximum absolute atomic E-state index is 12.1. The predicted molar refractivity (Wildman–Crippen MR) is 80.6 cm³/mol. The molecule has 0 aliphatic carbocycles. The minimum absolute atomic E-state index is 0.142. The van der Waals surface area contributed by atoms with Crippen molar-refractivity contribution < 1.29 is 9.53 Å². The van der Waals surface area contributed by atoms with Crippen molar-refractivity contribution in [2.75, 3.05) is 18.5 Å². The van der Waals surface area contributed by atoms with E-state index in [-0.39, 0.29) is 23.8 Å². The van der Waals surface area contributed by atoms with Crippen molar-refractivity contribution in [2.24, 2.45) is 5.73 Å². The lowest BCUT2D eigenvalue weighted by Gasteiger charge is -2.08. The van der Waals surface area contributed by atoms with Crippen molar-refractivity contribution >= 4 is 22.4 Å². The minimum Gasteiger partial charge on any atom is -0.478 e. The molecule has 112 valence electrons. The predicted octanol–water partition coefficient (Wildman–Crippen LogP) is 0.671. The Kier molecular flexibility index (Phi) is 5.47. The molecule has 0 unspecified atom stereocenters. The van der Waals surface area contributed by atoms with Crippen molar-refractivity contribution in [2.45, 2.75) is 13.0 Å². The van der Waals surface area contributed by atoms with Crippen molar-refractivity contribution in [1.82, 2.24) is 9.55 Å². The molecule has 0 atom stereocenters. The van der Waals surface area contributed by atoms with Gasteiger partial charge in [0.25, 0.3) is 11.5 Å². The van der Waals surface area contributed by atoms with E-state index in [1.54, 1.807) is 23.8 Å². The molecule has 7 nitrogen and oxygen atoms in total. The summed E-state index contributed by atoms with van der Waals surface area (Å²) >= 11 is 1.31. The number of hydrogen-bond acceptors (Lipinski definition) is 6. The number of carbonyl (C=O) groups excluding carboxylic acids is 1. The normalized spacial score (nSPS) is 10.3. The third kappa shape index (κ3) is 4.40. The monoisotopic (exact) mass is 308 g/mol. The highest BCUT2D eigenvalue weighted by Crippen LogP contribution is 2.10. The molecule has 2 heterocycles. The van der Waals surface area contributed by atoms with E-state index in [1.807, 2.05) is 0 Å². The SMILES string of the molecule is NCCCn1cccc(OCC(=O)Nc2nccs2)c1=O. The smallest absolute Gasteiger partial charge is 0.292 e. The summed E-state index contributed by atoms with van der Waals surface area (Å²) < 4.78 is 6.78. The lowest BCUT2D eigenvalue weighted by Crippen LogP contribution is -2.26. The number of aromatic nitrogens is 2. The number of nitrogens with two attached hydrogens (primary N) is 1. The van der Waals surface area contributed by atoms with Crippen LogP contribution in [0, 0.1) is 0 Å². The molecular weight excluding hydrogens is 292 g/mol. The van der Waals surface area contributed by atoms with Crippen molar-refractivity contribution in [3.63, 3.8) is 0 Å². The second kappa shape index (κ2) is 7.55. The van der Waals surface area contributed by atoms with Crippen molar-refractivity contribution in [3.05, 3.63) is 40.3 Å². The number of nitrogens with zero attached hydrogens (tertiary/aromatic N) is 2. The molecule has 0 saturated carbocycles. The molecule has 0 radical (unpaired) electrons. The number of nitrogens with one attached hydrogen (secondary N) is 1. The zero-order chi connectivity index (χ0) is 15.1. The van der Waals surface area contributed by atoms with E-state index in [1.165, 1.54) is 22.0 Å². The van der Waals surface area contributed by atoms with Gasteiger partial charge >= 0.3 is 0 Å². The molecule has 0 saturated heterocycles. The van der Waals surface area contributed by atoms with E-state index in [2.05, 4.69) is 10.3 Å². The average Bonchev–Trinajstić information content (AvgIpc) is 2.98. The van der Waals surface area contributed by atoms with Gasteiger partial charge in [0.05, 0.1) is 0 Å². The summed E-state index contributed by atoms with van der Waals surface area (Å²) in [4.78, 5) is 27.6. The fourth-order valence-corrected chi connectivity index (χ4v) is 2.19. The Balaban J connectivity index is 1.93. The molecule has 0 fully saturated rings. The van der Waals surface area contributed by atoms with Crippen LogP contribution in [0.25, 0.3) is 0 Å². The Hall–Kier alpha value is -2.19. The number of anilines is 1. The second-order valence-electron chi connectivity index (χ2n) is 4.19. The van der Waals surface area contributed by atoms with E-state index in [4.69, 9.17) is 10.5 Å². The molecular formula is C13H16N4O3S. The highest BCUT2D eigenvalue weighted by molar-refractivity contribution is 7.13. The van der Waals surface area contributed by atoms with Crippen LogP contribution in [0.15, 0.2) is 34.7 Å². The molecule has 0 aliphatic heterocycles. The van der Waals surface area contributed by atoms with Gasteiger partial charge in [0.15, 0.2) is 17.5 Å². The molecule has 1 amide bonds. The summed E-state index contributed by atoms with van der Waals surface area (Å²) in [6, 6.07) is 3.24. The standard InChI is InChI=1S/C13H16N4O3S/c14-4-2-7-17-6-1-3-10(12(17)19)20-9-11(18)16-13-15-5-8-21-13/h1,3,5-6,8H,2,4,7,9,14H2,(H,15,16,18). The van der Waals surface area contributed by atoms with Crippen molar-refractivity contribution in [3.8, 4) is 5.75 Å². The van der Waals surface area contributed by atoms with Crippen LogP contribution in [-0.2, 0) is 11.3 Å². The highest BCUT2D eigenvalue weighted by atomic mass is 32.1. The van der Waals surface area contributed by atoms with Gasteiger partial charge in [-0.1, -0.05) is 0 Å². The van der Waals surface area contributed by atoms with E-state index in [9.17, 15) is 9.59 Å². The topological polar surface area (TPSA) is 99.2 Å². The summed E-state index contributed by atoms with van der Waals surface area (Å²) in [6.07, 6.45) is 3.96. The zero-order valence-corrected chi connectivity index (χ0v) is 12.1. The van der Waals surface area contributed by atoms with Gasteiger partial charge < -0.3 is 15.0 Å². The number of aryl methyl sites for hydroxylation is 1. The molecule has 8 heteroatoms. The fourth-order valence-electron chi connectivity index (χ4n) is 1.65. The van der Waals surface area contributed by atoms with Gasteiger partial charge in [0.2, 0.25) is 0 Å². The Labute approximate surface area is 125 Å². The van der Waals surface area contributed by atoms with Gasteiger partial charge in [-0.15, -0.1) is 11.3 Å². The summed E-state index contributed by atoms with van der Waals surface area (Å²) in [5.74, 6) is -0.217. The number of thiazole rings is 1. The first-order valence-electron chi connectivity index (χ1n) is 6.42. The molecule has 0 aliphatic rings. The number of hydrogen-bond donors (Lipinski definition) is 2. The van der Waals surface area contributed by atoms with E-state index >= 15 is 0 Å². The van der Waals surface area contributed by atoms with Gasteiger partial charge in [-0.2, -0.15) is 0 Å². The van der Waals surface area contributed by atoms with E-state index in [0.29, 0.717) is 24.6 Å². The highest BCUT2D eigenvalue weighted by Gasteiger charge is 2.08. The van der Waals surface area contributed by atoms with Crippen LogP contribution in [0.3, 0.4) is 0 Å². The Morgan fingerprint density at radius 2 is 2.38 bits per heavy atom. The molecule has 3 N–H and O–H groups in total. The van der Waals surface area contributed by atoms with Gasteiger partial charge in [0, 0.05) is 24.3 Å². The van der Waals surface area contributed by atoms with Gasteiger partial charge in [-0.3, -0.25) is 14.9 Å². The molecule has 0 spiro atoms. The molecule has 0 bridgehead atoms. The van der Waals surface area contributed by atoms with Crippen LogP contribution in [-0.4, -0.2) is 28.6 Å². The summed E-state index contributed by atoms with van der Waals surface area (Å²) in [5, 5.41) is 4.83. The maximum atomic E-state index is 12.1. The third-order valence-electron chi connectivity index (χ3n) is 2.63. The molecule has 2 aromatic heterocycles. The van der Waals surface area contributed by atoms with E-state index in [0.717, 1.165) is 0 Å². The van der Waals surface area contributed by atoms with Gasteiger partial charge in [-0.25, -0.2) is 4.98 Å². The summed E-state index contributed by atoms with van der Waals surface area (Å²) in [7, 11) is 0. The molecule has 2 rings (SSSR count). The second-order valence-corrected chi connectivity index (χ2v) is 5.08. The number of carbonyl (C=O) groups is 1. The average molecular weight is 308 g/mol. The Morgan fingerprint density at radius 1 is 1.52 bits per heavy atom.